The molecular weight excluding hydrogens is 274 g/mol. The smallest absolute Gasteiger partial charge is 0.366 e. The summed E-state index contributed by atoms with van der Waals surface area (Å²) in [5.41, 5.74) is 4.58. The Hall–Kier alpha value is -2.37. The van der Waals surface area contributed by atoms with Crippen molar-refractivity contribution in [1.82, 2.24) is 0 Å². The lowest BCUT2D eigenvalue weighted by Gasteiger charge is -2.08. The zero-order chi connectivity index (χ0) is 14.9. The molecule has 2 N–H and O–H groups in total. The van der Waals surface area contributed by atoms with Gasteiger partial charge in [-0.2, -0.15) is 13.2 Å². The highest BCUT2D eigenvalue weighted by atomic mass is 19.4. The maximum Gasteiger partial charge on any atom is 0.416 e. The van der Waals surface area contributed by atoms with Crippen LogP contribution in [0, 0.1) is 5.82 Å². The number of primary amides is 1. The summed E-state index contributed by atoms with van der Waals surface area (Å²) in [4.78, 5) is 10.9. The Labute approximate surface area is 111 Å². The predicted molar refractivity (Wildman–Crippen MR) is 65.4 cm³/mol. The van der Waals surface area contributed by atoms with Gasteiger partial charge >= 0.3 is 6.18 Å². The van der Waals surface area contributed by atoms with Crippen LogP contribution in [0.1, 0.15) is 15.9 Å². The van der Waals surface area contributed by atoms with E-state index in [-0.39, 0.29) is 16.7 Å². The highest BCUT2D eigenvalue weighted by Gasteiger charge is 2.30. The van der Waals surface area contributed by atoms with Crippen LogP contribution < -0.4 is 5.73 Å². The zero-order valence-electron chi connectivity index (χ0n) is 10.0. The molecule has 0 saturated heterocycles. The largest absolute Gasteiger partial charge is 0.416 e. The summed E-state index contributed by atoms with van der Waals surface area (Å²) in [6.07, 6.45) is -4.44. The molecule has 0 aliphatic rings. The molecule has 0 aliphatic carbocycles. The molecular formula is C14H9F4NO. The number of hydrogen-bond donors (Lipinski definition) is 1. The predicted octanol–water partition coefficient (Wildman–Crippen LogP) is 3.61. The topological polar surface area (TPSA) is 43.1 Å². The number of hydrogen-bond acceptors (Lipinski definition) is 1. The third-order valence-corrected chi connectivity index (χ3v) is 2.78. The molecule has 6 heteroatoms. The number of nitrogens with two attached hydrogens (primary N) is 1. The second kappa shape index (κ2) is 4.96. The average Bonchev–Trinajstić information content (AvgIpc) is 2.37. The first-order valence-corrected chi connectivity index (χ1v) is 5.56. The van der Waals surface area contributed by atoms with E-state index in [9.17, 15) is 22.4 Å². The van der Waals surface area contributed by atoms with E-state index in [2.05, 4.69) is 0 Å². The number of benzene rings is 2. The fraction of sp³-hybridized carbons (Fsp3) is 0.0714. The fourth-order valence-corrected chi connectivity index (χ4v) is 1.74. The molecule has 2 nitrogen and oxygen atoms in total. The quantitative estimate of drug-likeness (QED) is 0.841. The molecule has 1 amide bonds. The molecule has 0 fully saturated rings. The molecule has 0 unspecified atom stereocenters. The van der Waals surface area contributed by atoms with Gasteiger partial charge in [0.25, 0.3) is 0 Å². The van der Waals surface area contributed by atoms with E-state index >= 15 is 0 Å². The van der Waals surface area contributed by atoms with Crippen LogP contribution in [0.5, 0.6) is 0 Å². The molecule has 2 aromatic rings. The van der Waals surface area contributed by atoms with Gasteiger partial charge in [-0.3, -0.25) is 4.79 Å². The summed E-state index contributed by atoms with van der Waals surface area (Å²) < 4.78 is 51.1. The molecule has 0 heterocycles. The van der Waals surface area contributed by atoms with Gasteiger partial charge in [0.1, 0.15) is 5.82 Å². The summed E-state index contributed by atoms with van der Waals surface area (Å²) in [5.74, 6) is -1.50. The minimum Gasteiger partial charge on any atom is -0.366 e. The first kappa shape index (κ1) is 14.0. The van der Waals surface area contributed by atoms with Crippen molar-refractivity contribution in [3.05, 3.63) is 59.4 Å². The van der Waals surface area contributed by atoms with E-state index in [1.54, 1.807) is 0 Å². The van der Waals surface area contributed by atoms with Crippen molar-refractivity contribution in [1.29, 1.82) is 0 Å². The Morgan fingerprint density at radius 2 is 1.60 bits per heavy atom. The first-order valence-electron chi connectivity index (χ1n) is 5.56. The second-order valence-electron chi connectivity index (χ2n) is 4.13. The Morgan fingerprint density at radius 3 is 2.05 bits per heavy atom. The number of alkyl halides is 3. The minimum atomic E-state index is -4.44. The molecule has 0 aromatic heterocycles. The van der Waals surface area contributed by atoms with Gasteiger partial charge < -0.3 is 5.73 Å². The van der Waals surface area contributed by atoms with Crippen molar-refractivity contribution in [2.24, 2.45) is 5.73 Å². The number of carbonyl (C=O) groups is 1. The van der Waals surface area contributed by atoms with Gasteiger partial charge in [0.15, 0.2) is 0 Å². The van der Waals surface area contributed by atoms with Crippen LogP contribution in [-0.4, -0.2) is 5.91 Å². The molecule has 0 aliphatic heterocycles. The van der Waals surface area contributed by atoms with Crippen molar-refractivity contribution in [3.8, 4) is 11.1 Å². The van der Waals surface area contributed by atoms with Gasteiger partial charge in [-0.15, -0.1) is 0 Å². The molecule has 2 aromatic carbocycles. The normalized spacial score (nSPS) is 11.4. The summed E-state index contributed by atoms with van der Waals surface area (Å²) in [7, 11) is 0. The fourth-order valence-electron chi connectivity index (χ4n) is 1.74. The maximum absolute atomic E-state index is 13.8. The summed E-state index contributed by atoms with van der Waals surface area (Å²) in [5, 5.41) is 0. The SMILES string of the molecule is NC(=O)c1ccc(-c2ccc(C(F)(F)F)cc2)c(F)c1. The molecule has 20 heavy (non-hydrogen) atoms. The number of halogens is 4. The van der Waals surface area contributed by atoms with Crippen LogP contribution >= 0.6 is 0 Å². The highest BCUT2D eigenvalue weighted by Crippen LogP contribution is 2.31. The zero-order valence-corrected chi connectivity index (χ0v) is 10.0. The average molecular weight is 283 g/mol. The van der Waals surface area contributed by atoms with Crippen molar-refractivity contribution in [2.75, 3.05) is 0 Å². The molecule has 0 atom stereocenters. The lowest BCUT2D eigenvalue weighted by Crippen LogP contribution is -2.11. The number of rotatable bonds is 2. The Balaban J connectivity index is 2.40. The van der Waals surface area contributed by atoms with Crippen molar-refractivity contribution >= 4 is 5.91 Å². The molecule has 0 spiro atoms. The number of amides is 1. The van der Waals surface area contributed by atoms with Gasteiger partial charge in [-0.05, 0) is 29.8 Å². The van der Waals surface area contributed by atoms with Crippen LogP contribution in [0.25, 0.3) is 11.1 Å². The Kier molecular flexibility index (Phi) is 3.48. The summed E-state index contributed by atoms with van der Waals surface area (Å²) >= 11 is 0. The van der Waals surface area contributed by atoms with Crippen molar-refractivity contribution in [3.63, 3.8) is 0 Å². The van der Waals surface area contributed by atoms with E-state index in [1.165, 1.54) is 24.3 Å². The maximum atomic E-state index is 13.8. The van der Waals surface area contributed by atoms with Crippen LogP contribution in [0.3, 0.4) is 0 Å². The summed E-state index contributed by atoms with van der Waals surface area (Å²) in [6, 6.07) is 7.66. The van der Waals surface area contributed by atoms with E-state index in [0.29, 0.717) is 0 Å². The van der Waals surface area contributed by atoms with Gasteiger partial charge in [0.2, 0.25) is 5.91 Å². The standard InChI is InChI=1S/C14H9F4NO/c15-12-7-9(13(19)20)3-6-11(12)8-1-4-10(5-2-8)14(16,17)18/h1-7H,(H2,19,20). The van der Waals surface area contributed by atoms with Crippen LogP contribution in [-0.2, 0) is 6.18 Å². The molecule has 0 saturated carbocycles. The van der Waals surface area contributed by atoms with Crippen LogP contribution in [0.2, 0.25) is 0 Å². The van der Waals surface area contributed by atoms with Crippen LogP contribution in [0.15, 0.2) is 42.5 Å². The Morgan fingerprint density at radius 1 is 1.00 bits per heavy atom. The van der Waals surface area contributed by atoms with E-state index in [0.717, 1.165) is 18.2 Å². The van der Waals surface area contributed by atoms with Gasteiger partial charge in [0, 0.05) is 11.1 Å². The lowest BCUT2D eigenvalue weighted by molar-refractivity contribution is -0.137. The van der Waals surface area contributed by atoms with Gasteiger partial charge in [0.05, 0.1) is 5.56 Å². The van der Waals surface area contributed by atoms with E-state index in [1.807, 2.05) is 0 Å². The number of carbonyl (C=O) groups excluding carboxylic acids is 1. The third-order valence-electron chi connectivity index (χ3n) is 2.78. The van der Waals surface area contributed by atoms with Crippen molar-refractivity contribution < 1.29 is 22.4 Å². The second-order valence-corrected chi connectivity index (χ2v) is 4.13. The van der Waals surface area contributed by atoms with Crippen molar-refractivity contribution in [2.45, 2.75) is 6.18 Å². The first-order chi connectivity index (χ1) is 9.29. The van der Waals surface area contributed by atoms with Gasteiger partial charge in [-0.25, -0.2) is 4.39 Å². The third kappa shape index (κ3) is 2.79. The minimum absolute atomic E-state index is 0.00170. The molecule has 0 bridgehead atoms. The molecule has 2 rings (SSSR count). The van der Waals surface area contributed by atoms with E-state index < -0.39 is 23.5 Å². The van der Waals surface area contributed by atoms with E-state index in [4.69, 9.17) is 5.73 Å². The monoisotopic (exact) mass is 283 g/mol. The molecule has 104 valence electrons. The van der Waals surface area contributed by atoms with Crippen LogP contribution in [0.4, 0.5) is 17.6 Å². The Bertz CT molecular complexity index is 647. The lowest BCUT2D eigenvalue weighted by atomic mass is 10.0. The highest BCUT2D eigenvalue weighted by molar-refractivity contribution is 5.93. The van der Waals surface area contributed by atoms with Gasteiger partial charge in [-0.1, -0.05) is 18.2 Å². The summed E-state index contributed by atoms with van der Waals surface area (Å²) in [6.45, 7) is 0. The molecule has 0 radical (unpaired) electrons.